The zero-order valence-electron chi connectivity index (χ0n) is 15.3. The molecule has 1 aromatic rings. The van der Waals surface area contributed by atoms with Crippen LogP contribution >= 0.6 is 47.1 Å². The second-order valence-corrected chi connectivity index (χ2v) is 9.69. The second kappa shape index (κ2) is 8.85. The van der Waals surface area contributed by atoms with Crippen molar-refractivity contribution in [2.24, 2.45) is 0 Å². The summed E-state index contributed by atoms with van der Waals surface area (Å²) in [6.07, 6.45) is 3.75. The van der Waals surface area contributed by atoms with Gasteiger partial charge >= 0.3 is 5.97 Å². The van der Waals surface area contributed by atoms with Gasteiger partial charge in [-0.2, -0.15) is 0 Å². The van der Waals surface area contributed by atoms with E-state index in [1.807, 2.05) is 13.0 Å². The molecule has 0 atom stereocenters. The second-order valence-electron chi connectivity index (χ2n) is 5.90. The minimum absolute atomic E-state index is 0.158. The van der Waals surface area contributed by atoms with Crippen LogP contribution in [-0.4, -0.2) is 61.1 Å². The Balaban J connectivity index is 2.09. The summed E-state index contributed by atoms with van der Waals surface area (Å²) < 4.78 is 2.80. The lowest BCUT2D eigenvalue weighted by Gasteiger charge is -2.14. The highest BCUT2D eigenvalue weighted by molar-refractivity contribution is 8.30. The third kappa shape index (κ3) is 4.07. The number of allylic oxidation sites excluding steroid dienone is 1. The van der Waals surface area contributed by atoms with Crippen molar-refractivity contribution >= 4 is 74.3 Å². The van der Waals surface area contributed by atoms with Gasteiger partial charge in [0.2, 0.25) is 0 Å². The number of carbonyl (C=O) groups excluding carboxylic acids is 1. The lowest BCUT2D eigenvalue weighted by atomic mass is 10.4. The molecule has 1 amide bonds. The monoisotopic (exact) mass is 457 g/mol. The van der Waals surface area contributed by atoms with E-state index >= 15 is 0 Å². The fourth-order valence-corrected chi connectivity index (χ4v) is 6.47. The zero-order chi connectivity index (χ0) is 20.4. The molecule has 3 rings (SSSR count). The molecule has 0 radical (unpaired) electrons. The number of thiazole rings is 1. The average molecular weight is 458 g/mol. The van der Waals surface area contributed by atoms with Gasteiger partial charge in [-0.1, -0.05) is 24.0 Å². The summed E-state index contributed by atoms with van der Waals surface area (Å²) in [6, 6.07) is 0. The SMILES string of the molecule is CCN1CCS/C1=C\C=c1/s/c(=C2/SC(=S)N(CC(=O)O)C2=O)n(CC)c1=O. The van der Waals surface area contributed by atoms with E-state index in [0.717, 1.165) is 40.5 Å². The van der Waals surface area contributed by atoms with Gasteiger partial charge < -0.3 is 10.0 Å². The van der Waals surface area contributed by atoms with Gasteiger partial charge in [0, 0.05) is 25.4 Å². The minimum atomic E-state index is -1.13. The third-order valence-corrected chi connectivity index (χ3v) is 8.03. The molecule has 150 valence electrons. The number of hydrogen-bond acceptors (Lipinski definition) is 8. The van der Waals surface area contributed by atoms with Gasteiger partial charge in [-0.15, -0.1) is 23.1 Å². The standard InChI is InChI=1S/C17H19N3O4S4/c1-3-18-7-8-26-11(18)6-5-10-14(23)19(4-2)16(27-10)13-15(24)20(9-12(21)22)17(25)28-13/h5-6H,3-4,7-9H2,1-2H3,(H,21,22)/b10-5-,11-6-,16-13+. The smallest absolute Gasteiger partial charge is 0.323 e. The van der Waals surface area contributed by atoms with E-state index in [0.29, 0.717) is 20.6 Å². The number of aromatic nitrogens is 1. The highest BCUT2D eigenvalue weighted by Gasteiger charge is 2.35. The summed E-state index contributed by atoms with van der Waals surface area (Å²) in [7, 11) is 0. The first-order valence-corrected chi connectivity index (χ1v) is 11.7. The van der Waals surface area contributed by atoms with Gasteiger partial charge in [0.25, 0.3) is 11.5 Å². The molecule has 2 aliphatic heterocycles. The Morgan fingerprint density at radius 1 is 1.25 bits per heavy atom. The van der Waals surface area contributed by atoms with Crippen LogP contribution in [0.15, 0.2) is 15.9 Å². The van der Waals surface area contributed by atoms with Crippen LogP contribution in [-0.2, 0) is 16.1 Å². The number of thiocarbonyl (C=S) groups is 1. The van der Waals surface area contributed by atoms with E-state index in [9.17, 15) is 14.4 Å². The number of thioether (sulfide) groups is 2. The molecule has 3 heterocycles. The number of aliphatic carboxylic acids is 1. The Bertz CT molecular complexity index is 1040. The minimum Gasteiger partial charge on any atom is -0.480 e. The molecule has 2 fully saturated rings. The van der Waals surface area contributed by atoms with E-state index in [1.165, 1.54) is 11.3 Å². The molecule has 0 saturated carbocycles. The Labute approximate surface area is 179 Å². The first kappa shape index (κ1) is 21.2. The van der Waals surface area contributed by atoms with Crippen molar-refractivity contribution in [2.45, 2.75) is 20.4 Å². The molecular formula is C17H19N3O4S4. The van der Waals surface area contributed by atoms with Crippen molar-refractivity contribution in [1.82, 2.24) is 14.4 Å². The quantitative estimate of drug-likeness (QED) is 0.647. The number of carboxylic acids is 1. The average Bonchev–Trinajstić information content (AvgIpc) is 3.31. The molecule has 1 N–H and O–H groups in total. The summed E-state index contributed by atoms with van der Waals surface area (Å²) in [5.41, 5.74) is -0.158. The van der Waals surface area contributed by atoms with Gasteiger partial charge in [0.15, 0.2) is 0 Å². The van der Waals surface area contributed by atoms with E-state index in [2.05, 4.69) is 11.8 Å². The van der Waals surface area contributed by atoms with Gasteiger partial charge in [-0.25, -0.2) is 0 Å². The lowest BCUT2D eigenvalue weighted by molar-refractivity contribution is -0.140. The lowest BCUT2D eigenvalue weighted by Crippen LogP contribution is -2.35. The van der Waals surface area contributed by atoms with Crippen LogP contribution < -0.4 is 14.8 Å². The number of rotatable bonds is 5. The van der Waals surface area contributed by atoms with Crippen LogP contribution in [0, 0.1) is 0 Å². The Morgan fingerprint density at radius 2 is 2.00 bits per heavy atom. The highest BCUT2D eigenvalue weighted by atomic mass is 32.2. The Hall–Kier alpha value is -1.56. The van der Waals surface area contributed by atoms with Gasteiger partial charge in [0.1, 0.15) is 20.4 Å². The summed E-state index contributed by atoms with van der Waals surface area (Å²) in [6.45, 7) is 5.78. The molecule has 0 unspecified atom stereocenters. The summed E-state index contributed by atoms with van der Waals surface area (Å²) in [4.78, 5) is 40.1. The van der Waals surface area contributed by atoms with Crippen molar-refractivity contribution in [3.8, 4) is 0 Å². The van der Waals surface area contributed by atoms with Gasteiger partial charge in [-0.05, 0) is 26.0 Å². The predicted molar refractivity (Wildman–Crippen MR) is 119 cm³/mol. The number of amides is 1. The van der Waals surface area contributed by atoms with E-state index in [4.69, 9.17) is 17.3 Å². The molecule has 7 nitrogen and oxygen atoms in total. The maximum absolute atomic E-state index is 12.8. The molecule has 2 aliphatic rings. The number of carbonyl (C=O) groups is 2. The molecular weight excluding hydrogens is 438 g/mol. The Morgan fingerprint density at radius 3 is 2.64 bits per heavy atom. The topological polar surface area (TPSA) is 82.8 Å². The molecule has 11 heteroatoms. The highest BCUT2D eigenvalue weighted by Crippen LogP contribution is 2.31. The predicted octanol–water partition coefficient (Wildman–Crippen LogP) is 0.673. The third-order valence-electron chi connectivity index (χ3n) is 4.24. The molecule has 0 bridgehead atoms. The van der Waals surface area contributed by atoms with Crippen molar-refractivity contribution in [2.75, 3.05) is 25.4 Å². The number of hydrogen-bond donors (Lipinski definition) is 1. The van der Waals surface area contributed by atoms with Gasteiger partial charge in [-0.3, -0.25) is 23.9 Å². The first-order valence-electron chi connectivity index (χ1n) is 8.66. The van der Waals surface area contributed by atoms with Crippen LogP contribution in [0.3, 0.4) is 0 Å². The maximum atomic E-state index is 12.8. The molecule has 0 aromatic carbocycles. The molecule has 0 aliphatic carbocycles. The van der Waals surface area contributed by atoms with E-state index in [-0.39, 0.29) is 9.88 Å². The molecule has 28 heavy (non-hydrogen) atoms. The van der Waals surface area contributed by atoms with Crippen molar-refractivity contribution in [3.63, 3.8) is 0 Å². The van der Waals surface area contributed by atoms with Crippen molar-refractivity contribution in [3.05, 3.63) is 30.7 Å². The first-order chi connectivity index (χ1) is 13.4. The fraction of sp³-hybridized carbons (Fsp3) is 0.412. The maximum Gasteiger partial charge on any atom is 0.323 e. The number of carboxylic acid groups (broad SMARTS) is 1. The molecule has 1 aromatic heterocycles. The zero-order valence-corrected chi connectivity index (χ0v) is 18.6. The van der Waals surface area contributed by atoms with Crippen LogP contribution in [0.4, 0.5) is 0 Å². The fourth-order valence-electron chi connectivity index (χ4n) is 2.86. The summed E-state index contributed by atoms with van der Waals surface area (Å²) >= 11 is 9.20. The largest absolute Gasteiger partial charge is 0.480 e. The molecule has 2 saturated heterocycles. The van der Waals surface area contributed by atoms with Crippen LogP contribution in [0.5, 0.6) is 0 Å². The Kier molecular flexibility index (Phi) is 6.69. The van der Waals surface area contributed by atoms with E-state index < -0.39 is 18.4 Å². The van der Waals surface area contributed by atoms with Crippen LogP contribution in [0.1, 0.15) is 13.8 Å². The normalized spacial score (nSPS) is 21.5. The van der Waals surface area contributed by atoms with Crippen molar-refractivity contribution in [1.29, 1.82) is 0 Å². The summed E-state index contributed by atoms with van der Waals surface area (Å²) in [5, 5.41) is 10.1. The van der Waals surface area contributed by atoms with Crippen LogP contribution in [0.2, 0.25) is 0 Å². The van der Waals surface area contributed by atoms with Crippen LogP contribution in [0.25, 0.3) is 11.0 Å². The van der Waals surface area contributed by atoms with Gasteiger partial charge in [0.05, 0.1) is 9.56 Å². The van der Waals surface area contributed by atoms with Crippen molar-refractivity contribution < 1.29 is 14.7 Å². The van der Waals surface area contributed by atoms with E-state index in [1.54, 1.807) is 22.4 Å². The summed E-state index contributed by atoms with van der Waals surface area (Å²) in [5.74, 6) is -0.566. The number of nitrogens with zero attached hydrogens (tertiary/aromatic N) is 3. The molecule has 0 spiro atoms.